The van der Waals surface area contributed by atoms with Crippen molar-refractivity contribution in [3.8, 4) is 16.2 Å². The molecule has 1 aliphatic rings. The molecule has 1 aromatic heterocycles. The first-order valence-corrected chi connectivity index (χ1v) is 19.6. The molecular weight excluding hydrogens is 731 g/mol. The van der Waals surface area contributed by atoms with Gasteiger partial charge in [-0.25, -0.2) is 13.8 Å². The minimum atomic E-state index is -0.968. The Morgan fingerprint density at radius 3 is 2.42 bits per heavy atom. The van der Waals surface area contributed by atoms with Crippen molar-refractivity contribution in [1.29, 1.82) is 0 Å². The third kappa shape index (κ3) is 12.3. The molecule has 0 aliphatic carbocycles. The van der Waals surface area contributed by atoms with E-state index in [2.05, 4.69) is 15.6 Å². The normalized spacial score (nSPS) is 17.4. The van der Waals surface area contributed by atoms with Gasteiger partial charge in [0.05, 0.1) is 28.2 Å². The Morgan fingerprint density at radius 1 is 1.07 bits per heavy atom. The number of aryl methyl sites for hydroxylation is 2. The van der Waals surface area contributed by atoms with E-state index in [9.17, 15) is 28.7 Å². The number of halogens is 2. The number of hydrogen-bond donors (Lipinski definition) is 5. The molecule has 0 spiro atoms. The maximum Gasteiger partial charge on any atom is 0.246 e. The second-order valence-corrected chi connectivity index (χ2v) is 16.3. The lowest BCUT2D eigenvalue weighted by Crippen LogP contribution is -2.57. The van der Waals surface area contributed by atoms with Crippen LogP contribution in [0.15, 0.2) is 41.9 Å². The Labute approximate surface area is 325 Å². The first-order chi connectivity index (χ1) is 25.9. The summed E-state index contributed by atoms with van der Waals surface area (Å²) >= 11 is 1.56. The van der Waals surface area contributed by atoms with E-state index in [1.165, 1.54) is 4.90 Å². The highest BCUT2D eigenvalue weighted by Gasteiger charge is 2.44. The van der Waals surface area contributed by atoms with Gasteiger partial charge in [0.1, 0.15) is 24.5 Å². The van der Waals surface area contributed by atoms with Gasteiger partial charge in [0.2, 0.25) is 23.6 Å². The zero-order valence-corrected chi connectivity index (χ0v) is 33.0. The number of amides is 4. The maximum absolute atomic E-state index is 15.1. The smallest absolute Gasteiger partial charge is 0.246 e. The summed E-state index contributed by atoms with van der Waals surface area (Å²) in [5, 5.41) is 16.4. The first-order valence-electron chi connectivity index (χ1n) is 18.7. The molecule has 1 aliphatic heterocycles. The monoisotopic (exact) mass is 784 g/mol. The SMILES string of the molecule is Cc1ncsc1-c1ccc([C@H](C)NC(=O)[C@@H]2C[C@@H](O)CN2C(=O)[C@@H](NC(=O)CCCCCc2cc(F)cc(OC[C@@H](N)CCC(N)=O)c2F)C(C)(C)C)cc1. The number of likely N-dealkylation sites (tertiary alicyclic amines) is 1. The van der Waals surface area contributed by atoms with Crippen LogP contribution in [0.1, 0.15) is 95.5 Å². The number of nitrogens with zero attached hydrogens (tertiary/aromatic N) is 2. The highest BCUT2D eigenvalue weighted by atomic mass is 32.1. The number of ether oxygens (including phenoxy) is 1. The predicted octanol–water partition coefficient (Wildman–Crippen LogP) is 4.84. The molecule has 12 nitrogen and oxygen atoms in total. The molecule has 2 aromatic carbocycles. The largest absolute Gasteiger partial charge is 0.489 e. The van der Waals surface area contributed by atoms with E-state index in [0.717, 1.165) is 33.8 Å². The van der Waals surface area contributed by atoms with Crippen molar-refractivity contribution in [2.45, 2.75) is 116 Å². The quantitative estimate of drug-likeness (QED) is 0.113. The van der Waals surface area contributed by atoms with E-state index in [1.54, 1.807) is 16.8 Å². The summed E-state index contributed by atoms with van der Waals surface area (Å²) in [5.41, 5.74) is 15.1. The van der Waals surface area contributed by atoms with E-state index in [1.807, 2.05) is 58.9 Å². The van der Waals surface area contributed by atoms with Gasteiger partial charge in [0, 0.05) is 37.9 Å². The number of benzene rings is 2. The fraction of sp³-hybridized carbons (Fsp3) is 0.525. The number of hydrogen-bond acceptors (Lipinski definition) is 9. The predicted molar refractivity (Wildman–Crippen MR) is 207 cm³/mol. The van der Waals surface area contributed by atoms with E-state index < -0.39 is 59.0 Å². The molecular formula is C40H54F2N6O6S. The van der Waals surface area contributed by atoms with Crippen molar-refractivity contribution in [3.05, 3.63) is 70.4 Å². The molecule has 4 amide bonds. The summed E-state index contributed by atoms with van der Waals surface area (Å²) in [6.45, 7) is 9.11. The van der Waals surface area contributed by atoms with Crippen molar-refractivity contribution in [1.82, 2.24) is 20.5 Å². The Balaban J connectivity index is 1.29. The zero-order chi connectivity index (χ0) is 40.4. The fourth-order valence-corrected chi connectivity index (χ4v) is 7.35. The lowest BCUT2D eigenvalue weighted by molar-refractivity contribution is -0.144. The van der Waals surface area contributed by atoms with Crippen LogP contribution in [0.4, 0.5) is 8.78 Å². The second kappa shape index (κ2) is 19.4. The number of carbonyl (C=O) groups is 4. The number of primary amides is 1. The van der Waals surface area contributed by atoms with Gasteiger partial charge in [-0.05, 0) is 67.7 Å². The minimum Gasteiger partial charge on any atom is -0.489 e. The molecule has 0 saturated carbocycles. The lowest BCUT2D eigenvalue weighted by Gasteiger charge is -2.35. The van der Waals surface area contributed by atoms with Crippen LogP contribution in [-0.4, -0.2) is 76.0 Å². The van der Waals surface area contributed by atoms with Crippen LogP contribution in [-0.2, 0) is 25.6 Å². The first kappa shape index (κ1) is 43.3. The van der Waals surface area contributed by atoms with Crippen LogP contribution >= 0.6 is 11.3 Å². The van der Waals surface area contributed by atoms with Gasteiger partial charge in [0.15, 0.2) is 11.6 Å². The molecule has 7 N–H and O–H groups in total. The summed E-state index contributed by atoms with van der Waals surface area (Å²) in [4.78, 5) is 58.4. The average Bonchev–Trinajstić information content (AvgIpc) is 3.74. The van der Waals surface area contributed by atoms with Crippen molar-refractivity contribution >= 4 is 35.0 Å². The molecule has 15 heteroatoms. The summed E-state index contributed by atoms with van der Waals surface area (Å²) < 4.78 is 34.8. The van der Waals surface area contributed by atoms with Gasteiger partial charge in [-0.15, -0.1) is 11.3 Å². The highest BCUT2D eigenvalue weighted by Crippen LogP contribution is 2.30. The number of aromatic nitrogens is 1. The van der Waals surface area contributed by atoms with Gasteiger partial charge in [-0.2, -0.15) is 0 Å². The number of rotatable bonds is 18. The van der Waals surface area contributed by atoms with Gasteiger partial charge in [-0.3, -0.25) is 19.2 Å². The Bertz CT molecular complexity index is 1800. The number of β-amino-alcohol motifs (C(OH)–C–C–N with tert-alkyl or cyclic N) is 1. The topological polar surface area (TPSA) is 190 Å². The highest BCUT2D eigenvalue weighted by molar-refractivity contribution is 7.13. The number of nitrogens with one attached hydrogen (secondary N) is 2. The summed E-state index contributed by atoms with van der Waals surface area (Å²) in [6.07, 6.45) is 1.20. The van der Waals surface area contributed by atoms with Crippen LogP contribution in [0.3, 0.4) is 0 Å². The Morgan fingerprint density at radius 2 is 1.78 bits per heavy atom. The molecule has 2 heterocycles. The molecule has 5 atom stereocenters. The molecule has 1 fully saturated rings. The van der Waals surface area contributed by atoms with Gasteiger partial charge in [0.25, 0.3) is 0 Å². The van der Waals surface area contributed by atoms with Crippen LogP contribution < -0.4 is 26.8 Å². The number of aliphatic hydroxyl groups excluding tert-OH is 1. The molecule has 1 saturated heterocycles. The molecule has 0 radical (unpaired) electrons. The van der Waals surface area contributed by atoms with Crippen LogP contribution in [0.2, 0.25) is 0 Å². The summed E-state index contributed by atoms with van der Waals surface area (Å²) in [5.74, 6) is -3.35. The number of unbranched alkanes of at least 4 members (excludes halogenated alkanes) is 2. The van der Waals surface area contributed by atoms with Crippen molar-refractivity contribution in [3.63, 3.8) is 0 Å². The number of aliphatic hydroxyl groups is 1. The molecule has 55 heavy (non-hydrogen) atoms. The maximum atomic E-state index is 15.1. The lowest BCUT2D eigenvalue weighted by atomic mass is 9.85. The second-order valence-electron chi connectivity index (χ2n) is 15.4. The standard InChI is InChI=1S/C40H54F2N6O6S/c1-23(25-11-13-26(14-12-25)36-24(2)45-22-55-36)46-38(52)31-19-30(49)20-48(31)39(53)37(40(3,4)5)47-34(51)10-8-6-7-9-27-17-28(41)18-32(35(27)42)54-21-29(43)15-16-33(44)50/h11-14,17-18,22-23,29-31,37,49H,6-10,15-16,19-21,43H2,1-5H3,(H2,44,50)(H,46,52)(H,47,51)/t23-,29-,30+,31-,37+/m0/s1. The van der Waals surface area contributed by atoms with Crippen LogP contribution in [0, 0.1) is 24.0 Å². The average molecular weight is 785 g/mol. The van der Waals surface area contributed by atoms with E-state index in [-0.39, 0.29) is 68.5 Å². The van der Waals surface area contributed by atoms with Crippen LogP contribution in [0.5, 0.6) is 5.75 Å². The number of carbonyl (C=O) groups excluding carboxylic acids is 4. The Hall–Kier alpha value is -4.47. The van der Waals surface area contributed by atoms with Gasteiger partial charge in [-0.1, -0.05) is 51.5 Å². The van der Waals surface area contributed by atoms with Gasteiger partial charge < -0.3 is 36.8 Å². The molecule has 4 rings (SSSR count). The zero-order valence-electron chi connectivity index (χ0n) is 32.2. The minimum absolute atomic E-state index is 0.0395. The molecule has 3 aromatic rings. The molecule has 0 bridgehead atoms. The van der Waals surface area contributed by atoms with Crippen molar-refractivity contribution in [2.24, 2.45) is 16.9 Å². The van der Waals surface area contributed by atoms with E-state index >= 15 is 4.39 Å². The fourth-order valence-electron chi connectivity index (χ4n) is 6.54. The number of thiazole rings is 1. The third-order valence-corrected chi connectivity index (χ3v) is 10.7. The summed E-state index contributed by atoms with van der Waals surface area (Å²) in [6, 6.07) is 7.07. The van der Waals surface area contributed by atoms with Gasteiger partial charge >= 0.3 is 0 Å². The van der Waals surface area contributed by atoms with E-state index in [0.29, 0.717) is 19.3 Å². The molecule has 0 unspecified atom stereocenters. The van der Waals surface area contributed by atoms with Crippen LogP contribution in [0.25, 0.3) is 10.4 Å². The van der Waals surface area contributed by atoms with Crippen molar-refractivity contribution < 1.29 is 37.8 Å². The summed E-state index contributed by atoms with van der Waals surface area (Å²) in [7, 11) is 0. The van der Waals surface area contributed by atoms with Crippen molar-refractivity contribution in [2.75, 3.05) is 13.2 Å². The molecule has 300 valence electrons. The van der Waals surface area contributed by atoms with E-state index in [4.69, 9.17) is 16.2 Å². The third-order valence-electron chi connectivity index (χ3n) is 9.70. The Kier molecular flexibility index (Phi) is 15.3. The number of nitrogens with two attached hydrogens (primary N) is 2.